The standard InChI is InChI=1S/C19H17F4N3O/c20-15-4-6-17(21)14(9-15)11-26(24)25(12-16-2-1-7-27-16)10-13-3-5-18(22)19(23)8-13/h1-9H,10-12,24H2. The average molecular weight is 379 g/mol. The predicted molar refractivity (Wildman–Crippen MR) is 90.4 cm³/mol. The molecule has 0 unspecified atom stereocenters. The largest absolute Gasteiger partial charge is 0.468 e. The molecule has 0 aliphatic carbocycles. The molecule has 0 spiro atoms. The van der Waals surface area contributed by atoms with Crippen LogP contribution in [0.2, 0.25) is 0 Å². The van der Waals surface area contributed by atoms with Crippen molar-refractivity contribution in [1.29, 1.82) is 0 Å². The number of benzene rings is 2. The summed E-state index contributed by atoms with van der Waals surface area (Å²) in [4.78, 5) is 0. The molecule has 0 fully saturated rings. The van der Waals surface area contributed by atoms with E-state index >= 15 is 0 Å². The van der Waals surface area contributed by atoms with Gasteiger partial charge in [0.1, 0.15) is 17.4 Å². The minimum atomic E-state index is -0.981. The molecule has 0 amide bonds. The van der Waals surface area contributed by atoms with Crippen molar-refractivity contribution in [3.05, 3.63) is 95.0 Å². The van der Waals surface area contributed by atoms with E-state index in [-0.39, 0.29) is 25.2 Å². The molecule has 2 aromatic carbocycles. The van der Waals surface area contributed by atoms with Crippen LogP contribution in [0.3, 0.4) is 0 Å². The normalized spacial score (nSPS) is 11.5. The molecule has 0 bridgehead atoms. The molecular weight excluding hydrogens is 362 g/mol. The van der Waals surface area contributed by atoms with Gasteiger partial charge in [-0.2, -0.15) is 5.12 Å². The van der Waals surface area contributed by atoms with Gasteiger partial charge in [-0.05, 0) is 48.0 Å². The molecule has 142 valence electrons. The first-order chi connectivity index (χ1) is 12.9. The zero-order valence-corrected chi connectivity index (χ0v) is 14.2. The lowest BCUT2D eigenvalue weighted by Crippen LogP contribution is -2.46. The van der Waals surface area contributed by atoms with E-state index in [1.54, 1.807) is 17.1 Å². The van der Waals surface area contributed by atoms with Gasteiger partial charge >= 0.3 is 0 Å². The second kappa shape index (κ2) is 8.34. The van der Waals surface area contributed by atoms with Crippen LogP contribution in [-0.4, -0.2) is 10.1 Å². The highest BCUT2D eigenvalue weighted by atomic mass is 19.2. The monoisotopic (exact) mass is 379 g/mol. The van der Waals surface area contributed by atoms with Crippen molar-refractivity contribution >= 4 is 0 Å². The van der Waals surface area contributed by atoms with Crippen LogP contribution in [0.25, 0.3) is 0 Å². The molecule has 0 radical (unpaired) electrons. The van der Waals surface area contributed by atoms with Gasteiger partial charge in [0.25, 0.3) is 0 Å². The molecule has 1 aromatic heterocycles. The summed E-state index contributed by atoms with van der Waals surface area (Å²) < 4.78 is 59.3. The highest BCUT2D eigenvalue weighted by Crippen LogP contribution is 2.17. The van der Waals surface area contributed by atoms with Gasteiger partial charge in [-0.25, -0.2) is 22.6 Å². The van der Waals surface area contributed by atoms with Gasteiger partial charge in [0.05, 0.1) is 19.4 Å². The first-order valence-electron chi connectivity index (χ1n) is 8.09. The van der Waals surface area contributed by atoms with Crippen LogP contribution in [-0.2, 0) is 19.6 Å². The molecular formula is C19H17F4N3O. The fourth-order valence-corrected chi connectivity index (χ4v) is 2.61. The lowest BCUT2D eigenvalue weighted by molar-refractivity contribution is -0.0561. The summed E-state index contributed by atoms with van der Waals surface area (Å²) in [6, 6.07) is 9.99. The number of hydrogen-bond donors (Lipinski definition) is 1. The van der Waals surface area contributed by atoms with E-state index < -0.39 is 23.3 Å². The molecule has 2 N–H and O–H groups in total. The maximum Gasteiger partial charge on any atom is 0.159 e. The Balaban J connectivity index is 1.81. The lowest BCUT2D eigenvalue weighted by Gasteiger charge is -2.31. The Morgan fingerprint density at radius 3 is 2.30 bits per heavy atom. The van der Waals surface area contributed by atoms with Crippen molar-refractivity contribution in [2.24, 2.45) is 5.84 Å². The first-order valence-corrected chi connectivity index (χ1v) is 8.09. The number of nitrogens with zero attached hydrogens (tertiary/aromatic N) is 2. The van der Waals surface area contributed by atoms with E-state index in [0.717, 1.165) is 30.3 Å². The molecule has 1 heterocycles. The van der Waals surface area contributed by atoms with Crippen LogP contribution in [0.4, 0.5) is 17.6 Å². The van der Waals surface area contributed by atoms with Crippen LogP contribution < -0.4 is 5.84 Å². The smallest absolute Gasteiger partial charge is 0.159 e. The number of nitrogens with two attached hydrogens (primary N) is 1. The Morgan fingerprint density at radius 1 is 0.815 bits per heavy atom. The summed E-state index contributed by atoms with van der Waals surface area (Å²) in [5, 5.41) is 2.73. The van der Waals surface area contributed by atoms with Crippen LogP contribution in [0, 0.1) is 23.3 Å². The van der Waals surface area contributed by atoms with E-state index in [1.807, 2.05) is 0 Å². The number of halogens is 4. The van der Waals surface area contributed by atoms with Crippen LogP contribution >= 0.6 is 0 Å². The van der Waals surface area contributed by atoms with Crippen molar-refractivity contribution in [2.75, 3.05) is 0 Å². The second-order valence-electron chi connectivity index (χ2n) is 5.98. The van der Waals surface area contributed by atoms with Crippen molar-refractivity contribution in [3.63, 3.8) is 0 Å². The minimum Gasteiger partial charge on any atom is -0.468 e. The molecule has 27 heavy (non-hydrogen) atoms. The van der Waals surface area contributed by atoms with Gasteiger partial charge in [-0.1, -0.05) is 6.07 Å². The molecule has 0 saturated carbocycles. The summed E-state index contributed by atoms with van der Waals surface area (Å²) in [5.74, 6) is 3.50. The molecule has 0 aliphatic heterocycles. The van der Waals surface area contributed by atoms with E-state index in [0.29, 0.717) is 11.3 Å². The van der Waals surface area contributed by atoms with Crippen LogP contribution in [0.5, 0.6) is 0 Å². The third-order valence-electron chi connectivity index (χ3n) is 3.97. The van der Waals surface area contributed by atoms with Gasteiger partial charge < -0.3 is 4.42 Å². The number of hydrazine groups is 2. The van der Waals surface area contributed by atoms with Crippen molar-refractivity contribution in [1.82, 2.24) is 10.1 Å². The number of rotatable bonds is 7. The highest BCUT2D eigenvalue weighted by Gasteiger charge is 2.18. The first kappa shape index (κ1) is 19.1. The topological polar surface area (TPSA) is 45.6 Å². The maximum absolute atomic E-state index is 13.9. The van der Waals surface area contributed by atoms with E-state index in [1.165, 1.54) is 17.4 Å². The third-order valence-corrected chi connectivity index (χ3v) is 3.97. The van der Waals surface area contributed by atoms with Gasteiger partial charge in [-0.15, -0.1) is 0 Å². The summed E-state index contributed by atoms with van der Waals surface area (Å²) in [5.41, 5.74) is 0.517. The molecule has 3 rings (SSSR count). The van der Waals surface area contributed by atoms with Crippen molar-refractivity contribution < 1.29 is 22.0 Å². The predicted octanol–water partition coefficient (Wildman–Crippen LogP) is 4.13. The zero-order chi connectivity index (χ0) is 19.4. The van der Waals surface area contributed by atoms with Gasteiger partial charge in [0.2, 0.25) is 0 Å². The minimum absolute atomic E-state index is 0.0623. The number of furan rings is 1. The molecule has 0 aliphatic rings. The second-order valence-corrected chi connectivity index (χ2v) is 5.98. The fourth-order valence-electron chi connectivity index (χ4n) is 2.61. The molecule has 4 nitrogen and oxygen atoms in total. The summed E-state index contributed by atoms with van der Waals surface area (Å²) in [7, 11) is 0. The van der Waals surface area contributed by atoms with Gasteiger partial charge in [0, 0.05) is 12.1 Å². The highest BCUT2D eigenvalue weighted by molar-refractivity contribution is 5.19. The average Bonchev–Trinajstić information content (AvgIpc) is 3.14. The molecule has 3 aromatic rings. The van der Waals surface area contributed by atoms with E-state index in [2.05, 4.69) is 0 Å². The van der Waals surface area contributed by atoms with Gasteiger partial charge in [-0.3, -0.25) is 5.84 Å². The Bertz CT molecular complexity index is 902. The summed E-state index contributed by atoms with van der Waals surface area (Å²) >= 11 is 0. The zero-order valence-electron chi connectivity index (χ0n) is 14.2. The molecule has 0 atom stereocenters. The molecule has 8 heteroatoms. The van der Waals surface area contributed by atoms with Crippen molar-refractivity contribution in [2.45, 2.75) is 19.6 Å². The van der Waals surface area contributed by atoms with Gasteiger partial charge in [0.15, 0.2) is 11.6 Å². The Labute approximate surface area is 153 Å². The maximum atomic E-state index is 13.9. The van der Waals surface area contributed by atoms with E-state index in [4.69, 9.17) is 10.3 Å². The lowest BCUT2D eigenvalue weighted by atomic mass is 10.2. The van der Waals surface area contributed by atoms with Crippen LogP contribution in [0.1, 0.15) is 16.9 Å². The Kier molecular flexibility index (Phi) is 5.90. The SMILES string of the molecule is NN(Cc1cc(F)ccc1F)N(Cc1ccc(F)c(F)c1)Cc1ccco1. The third kappa shape index (κ3) is 4.94. The summed E-state index contributed by atoms with van der Waals surface area (Å²) in [6.45, 7) is 0.165. The quantitative estimate of drug-likeness (QED) is 0.381. The van der Waals surface area contributed by atoms with Crippen LogP contribution in [0.15, 0.2) is 59.2 Å². The fraction of sp³-hybridized carbons (Fsp3) is 0.158. The molecule has 0 saturated heterocycles. The van der Waals surface area contributed by atoms with E-state index in [9.17, 15) is 17.6 Å². The Morgan fingerprint density at radius 2 is 1.59 bits per heavy atom. The van der Waals surface area contributed by atoms with Crippen molar-refractivity contribution in [3.8, 4) is 0 Å². The number of hydrogen-bond acceptors (Lipinski definition) is 4. The Hall–Kier alpha value is -2.68. The summed E-state index contributed by atoms with van der Waals surface area (Å²) in [6.07, 6.45) is 1.48.